The maximum atomic E-state index is 11.1. The molecule has 1 fully saturated rings. The highest BCUT2D eigenvalue weighted by Crippen LogP contribution is 2.35. The highest BCUT2D eigenvalue weighted by atomic mass is 32.2. The summed E-state index contributed by atoms with van der Waals surface area (Å²) in [6.45, 7) is 1.71. The van der Waals surface area contributed by atoms with Crippen molar-refractivity contribution in [3.63, 3.8) is 0 Å². The van der Waals surface area contributed by atoms with Crippen molar-refractivity contribution in [1.29, 1.82) is 0 Å². The summed E-state index contributed by atoms with van der Waals surface area (Å²) in [5, 5.41) is 9.11. The summed E-state index contributed by atoms with van der Waals surface area (Å²) in [6.07, 6.45) is 2.69. The molecule has 116 valence electrons. The van der Waals surface area contributed by atoms with Crippen molar-refractivity contribution in [2.75, 3.05) is 18.6 Å². The lowest BCUT2D eigenvalue weighted by Crippen LogP contribution is -2.23. The van der Waals surface area contributed by atoms with Gasteiger partial charge < -0.3 is 14.6 Å². The van der Waals surface area contributed by atoms with Crippen LogP contribution in [0.3, 0.4) is 0 Å². The number of hydrogen-bond donors (Lipinski definition) is 1. The van der Waals surface area contributed by atoms with E-state index in [1.54, 1.807) is 14.0 Å². The van der Waals surface area contributed by atoms with Crippen LogP contribution in [0.1, 0.15) is 25.3 Å². The Morgan fingerprint density at radius 2 is 2.14 bits per heavy atom. The van der Waals surface area contributed by atoms with Gasteiger partial charge >= 0.3 is 5.97 Å². The van der Waals surface area contributed by atoms with Crippen molar-refractivity contribution in [3.8, 4) is 11.5 Å². The van der Waals surface area contributed by atoms with Gasteiger partial charge in [-0.05, 0) is 42.4 Å². The monoisotopic (exact) mass is 310 g/mol. The van der Waals surface area contributed by atoms with Crippen molar-refractivity contribution in [1.82, 2.24) is 0 Å². The van der Waals surface area contributed by atoms with E-state index in [1.807, 2.05) is 30.0 Å². The van der Waals surface area contributed by atoms with Crippen molar-refractivity contribution in [2.24, 2.45) is 5.92 Å². The first-order valence-corrected chi connectivity index (χ1v) is 8.40. The van der Waals surface area contributed by atoms with E-state index in [0.717, 1.165) is 29.9 Å². The third-order valence-electron chi connectivity index (χ3n) is 3.68. The van der Waals surface area contributed by atoms with Crippen LogP contribution in [0, 0.1) is 5.92 Å². The van der Waals surface area contributed by atoms with Gasteiger partial charge in [0.2, 0.25) is 0 Å². The number of para-hydroxylation sites is 1. The molecule has 1 N–H and O–H groups in total. The standard InChI is InChI=1S/C16H22O4S/c1-11(16(17)18)10-12-4-3-5-14(19-2)15(12)20-13-6-8-21-9-7-13/h3-5,11,13H,6-10H2,1-2H3,(H,17,18). The summed E-state index contributed by atoms with van der Waals surface area (Å²) >= 11 is 1.95. The number of methoxy groups -OCH3 is 1. The number of ether oxygens (including phenoxy) is 2. The predicted molar refractivity (Wildman–Crippen MR) is 84.5 cm³/mol. The number of carboxylic acids is 1. The van der Waals surface area contributed by atoms with Gasteiger partial charge in [0.1, 0.15) is 6.10 Å². The molecule has 0 bridgehead atoms. The summed E-state index contributed by atoms with van der Waals surface area (Å²) in [5.74, 6) is 2.38. The molecule has 1 unspecified atom stereocenters. The lowest BCUT2D eigenvalue weighted by molar-refractivity contribution is -0.141. The fraction of sp³-hybridized carbons (Fsp3) is 0.562. The Bertz CT molecular complexity index is 483. The van der Waals surface area contributed by atoms with E-state index >= 15 is 0 Å². The van der Waals surface area contributed by atoms with Crippen LogP contribution >= 0.6 is 11.8 Å². The minimum absolute atomic E-state index is 0.196. The largest absolute Gasteiger partial charge is 0.493 e. The molecule has 1 aromatic rings. The molecule has 1 heterocycles. The van der Waals surface area contributed by atoms with Crippen molar-refractivity contribution < 1.29 is 19.4 Å². The summed E-state index contributed by atoms with van der Waals surface area (Å²) in [6, 6.07) is 5.67. The van der Waals surface area contributed by atoms with Crippen LogP contribution in [0.25, 0.3) is 0 Å². The number of carboxylic acid groups (broad SMARTS) is 1. The van der Waals surface area contributed by atoms with Crippen LogP contribution in [0.15, 0.2) is 18.2 Å². The molecule has 0 radical (unpaired) electrons. The molecule has 1 aromatic carbocycles. The second-order valence-corrected chi connectivity index (χ2v) is 6.55. The van der Waals surface area contributed by atoms with Crippen LogP contribution in [0.4, 0.5) is 0 Å². The van der Waals surface area contributed by atoms with E-state index in [4.69, 9.17) is 14.6 Å². The Kier molecular flexibility index (Phi) is 5.79. The van der Waals surface area contributed by atoms with Gasteiger partial charge in [-0.1, -0.05) is 19.1 Å². The van der Waals surface area contributed by atoms with E-state index in [9.17, 15) is 4.79 Å². The lowest BCUT2D eigenvalue weighted by atomic mass is 10.00. The Labute approximate surface area is 129 Å². The zero-order chi connectivity index (χ0) is 15.2. The Morgan fingerprint density at radius 1 is 1.43 bits per heavy atom. The van der Waals surface area contributed by atoms with Crippen LogP contribution in [0.5, 0.6) is 11.5 Å². The van der Waals surface area contributed by atoms with Gasteiger partial charge in [-0.2, -0.15) is 11.8 Å². The molecule has 1 aliphatic heterocycles. The molecule has 0 spiro atoms. The molecular weight excluding hydrogens is 288 g/mol. The van der Waals surface area contributed by atoms with Crippen molar-refractivity contribution in [2.45, 2.75) is 32.3 Å². The maximum absolute atomic E-state index is 11.1. The normalized spacial score (nSPS) is 17.2. The van der Waals surface area contributed by atoms with Crippen LogP contribution in [0.2, 0.25) is 0 Å². The van der Waals surface area contributed by atoms with Crippen LogP contribution < -0.4 is 9.47 Å². The molecule has 0 aromatic heterocycles. The highest BCUT2D eigenvalue weighted by Gasteiger charge is 2.21. The Morgan fingerprint density at radius 3 is 2.76 bits per heavy atom. The maximum Gasteiger partial charge on any atom is 0.306 e. The summed E-state index contributed by atoms with van der Waals surface area (Å²) in [4.78, 5) is 11.1. The second-order valence-electron chi connectivity index (χ2n) is 5.32. The van der Waals surface area contributed by atoms with E-state index < -0.39 is 11.9 Å². The quantitative estimate of drug-likeness (QED) is 0.874. The third kappa shape index (κ3) is 4.30. The predicted octanol–water partition coefficient (Wildman–Crippen LogP) is 3.23. The van der Waals surface area contributed by atoms with E-state index in [2.05, 4.69) is 0 Å². The minimum Gasteiger partial charge on any atom is -0.493 e. The highest BCUT2D eigenvalue weighted by molar-refractivity contribution is 7.99. The molecule has 1 aliphatic rings. The molecule has 2 rings (SSSR count). The van der Waals surface area contributed by atoms with E-state index in [0.29, 0.717) is 17.9 Å². The fourth-order valence-corrected chi connectivity index (χ4v) is 3.46. The SMILES string of the molecule is COc1cccc(CC(C)C(=O)O)c1OC1CCSCC1. The number of rotatable bonds is 6. The van der Waals surface area contributed by atoms with Crippen LogP contribution in [-0.4, -0.2) is 35.8 Å². The topological polar surface area (TPSA) is 55.8 Å². The van der Waals surface area contributed by atoms with Gasteiger partial charge in [0.15, 0.2) is 11.5 Å². The zero-order valence-corrected chi connectivity index (χ0v) is 13.3. The van der Waals surface area contributed by atoms with Crippen molar-refractivity contribution in [3.05, 3.63) is 23.8 Å². The van der Waals surface area contributed by atoms with Gasteiger partial charge in [-0.15, -0.1) is 0 Å². The molecule has 4 nitrogen and oxygen atoms in total. The number of aliphatic carboxylic acids is 1. The zero-order valence-electron chi connectivity index (χ0n) is 12.5. The smallest absolute Gasteiger partial charge is 0.306 e. The van der Waals surface area contributed by atoms with Gasteiger partial charge in [-0.3, -0.25) is 4.79 Å². The average Bonchev–Trinajstić information content (AvgIpc) is 2.49. The molecular formula is C16H22O4S. The second kappa shape index (κ2) is 7.59. The van der Waals surface area contributed by atoms with Gasteiger partial charge in [-0.25, -0.2) is 0 Å². The first-order chi connectivity index (χ1) is 10.1. The van der Waals surface area contributed by atoms with E-state index in [-0.39, 0.29) is 6.10 Å². The Hall–Kier alpha value is -1.36. The Balaban J connectivity index is 2.20. The van der Waals surface area contributed by atoms with Crippen molar-refractivity contribution >= 4 is 17.7 Å². The molecule has 0 aliphatic carbocycles. The minimum atomic E-state index is -0.794. The summed E-state index contributed by atoms with van der Waals surface area (Å²) < 4.78 is 11.5. The first-order valence-electron chi connectivity index (χ1n) is 7.25. The van der Waals surface area contributed by atoms with Gasteiger partial charge in [0.05, 0.1) is 13.0 Å². The lowest BCUT2D eigenvalue weighted by Gasteiger charge is -2.25. The van der Waals surface area contributed by atoms with Gasteiger partial charge in [0.25, 0.3) is 0 Å². The molecule has 1 atom stereocenters. The molecule has 0 saturated carbocycles. The van der Waals surface area contributed by atoms with Crippen LogP contribution in [-0.2, 0) is 11.2 Å². The summed E-state index contributed by atoms with van der Waals surface area (Å²) in [7, 11) is 1.61. The fourth-order valence-electron chi connectivity index (χ4n) is 2.39. The first kappa shape index (κ1) is 16.0. The molecule has 0 amide bonds. The third-order valence-corrected chi connectivity index (χ3v) is 4.73. The average molecular weight is 310 g/mol. The number of thioether (sulfide) groups is 1. The molecule has 1 saturated heterocycles. The summed E-state index contributed by atoms with van der Waals surface area (Å²) in [5.41, 5.74) is 0.905. The molecule has 5 heteroatoms. The molecule has 21 heavy (non-hydrogen) atoms. The van der Waals surface area contributed by atoms with Gasteiger partial charge in [0, 0.05) is 0 Å². The number of carbonyl (C=O) groups is 1. The van der Waals surface area contributed by atoms with E-state index in [1.165, 1.54) is 0 Å². The number of hydrogen-bond acceptors (Lipinski definition) is 4. The number of benzene rings is 1.